The van der Waals surface area contributed by atoms with Gasteiger partial charge in [-0.2, -0.15) is 0 Å². The van der Waals surface area contributed by atoms with Crippen LogP contribution in [0.4, 0.5) is 0 Å². The first-order valence-electron chi connectivity index (χ1n) is 12.3. The van der Waals surface area contributed by atoms with E-state index >= 15 is 0 Å². The van der Waals surface area contributed by atoms with Gasteiger partial charge in [0.15, 0.2) is 0 Å². The summed E-state index contributed by atoms with van der Waals surface area (Å²) in [6, 6.07) is 0.441. The molecule has 0 aromatic rings. The standard InChI is InChI=1S/C25H42N2O2/c1-6-27(7-2)23(29)16-17-8-10-19-18-9-11-21-25(4,15-13-22(28)26(21)5)20(18)12-14-24(17,19)3/h17-21H,6-16H2,1-5H3/t17-,18+,19+,20+,21-,24-,25-/m1/s1. The molecular formula is C25H42N2O2. The number of nitrogens with zero attached hydrogens (tertiary/aromatic N) is 2. The van der Waals surface area contributed by atoms with Crippen molar-refractivity contribution < 1.29 is 9.59 Å². The number of hydrogen-bond acceptors (Lipinski definition) is 2. The SMILES string of the molecule is CCN(CC)C(=O)C[C@H]1CC[C@H]2[C@@H]3CC[C@H]4N(C)C(=O)CC[C@]4(C)[C@H]3CC[C@]12C. The highest BCUT2D eigenvalue weighted by atomic mass is 16.2. The van der Waals surface area contributed by atoms with Crippen LogP contribution in [0.3, 0.4) is 0 Å². The van der Waals surface area contributed by atoms with E-state index < -0.39 is 0 Å². The van der Waals surface area contributed by atoms with Gasteiger partial charge in [0.2, 0.25) is 11.8 Å². The maximum Gasteiger partial charge on any atom is 0.222 e. The molecule has 164 valence electrons. The number of carbonyl (C=O) groups excluding carboxylic acids is 2. The smallest absolute Gasteiger partial charge is 0.222 e. The fraction of sp³-hybridized carbons (Fsp3) is 0.920. The number of fused-ring (bicyclic) bond motifs is 5. The first-order valence-corrected chi connectivity index (χ1v) is 12.3. The van der Waals surface area contributed by atoms with Crippen molar-refractivity contribution in [3.8, 4) is 0 Å². The van der Waals surface area contributed by atoms with Crippen LogP contribution in [0.2, 0.25) is 0 Å². The third-order valence-electron chi connectivity index (χ3n) is 10.3. The van der Waals surface area contributed by atoms with E-state index in [1.54, 1.807) is 0 Å². The van der Waals surface area contributed by atoms with E-state index in [-0.39, 0.29) is 0 Å². The van der Waals surface area contributed by atoms with E-state index in [0.717, 1.165) is 50.1 Å². The van der Waals surface area contributed by atoms with Gasteiger partial charge in [0, 0.05) is 39.0 Å². The van der Waals surface area contributed by atoms with E-state index in [9.17, 15) is 9.59 Å². The zero-order valence-corrected chi connectivity index (χ0v) is 19.4. The molecule has 0 spiro atoms. The van der Waals surface area contributed by atoms with Gasteiger partial charge in [-0.1, -0.05) is 13.8 Å². The van der Waals surface area contributed by atoms with Crippen LogP contribution >= 0.6 is 0 Å². The van der Waals surface area contributed by atoms with Crippen molar-refractivity contribution in [2.24, 2.45) is 34.5 Å². The molecule has 4 nitrogen and oxygen atoms in total. The molecule has 1 saturated heterocycles. The number of likely N-dealkylation sites (tertiary alicyclic amines) is 1. The van der Waals surface area contributed by atoms with Gasteiger partial charge in [-0.05, 0) is 93.3 Å². The van der Waals surface area contributed by atoms with Crippen LogP contribution in [0.5, 0.6) is 0 Å². The minimum absolute atomic E-state index is 0.294. The number of piperidine rings is 1. The second-order valence-corrected chi connectivity index (χ2v) is 11.1. The van der Waals surface area contributed by atoms with Crippen LogP contribution < -0.4 is 0 Å². The van der Waals surface area contributed by atoms with Crippen molar-refractivity contribution in [2.45, 2.75) is 91.5 Å². The second-order valence-electron chi connectivity index (χ2n) is 11.1. The van der Waals surface area contributed by atoms with Crippen LogP contribution in [0.25, 0.3) is 0 Å². The molecule has 0 aromatic heterocycles. The summed E-state index contributed by atoms with van der Waals surface area (Å²) >= 11 is 0. The number of rotatable bonds is 4. The molecule has 0 bridgehead atoms. The predicted octanol–water partition coefficient (Wildman–Crippen LogP) is 4.72. The highest BCUT2D eigenvalue weighted by Gasteiger charge is 2.61. The highest BCUT2D eigenvalue weighted by Crippen LogP contribution is 2.66. The molecule has 4 fully saturated rings. The quantitative estimate of drug-likeness (QED) is 0.682. The summed E-state index contributed by atoms with van der Waals surface area (Å²) in [5, 5.41) is 0. The third kappa shape index (κ3) is 3.15. The van der Waals surface area contributed by atoms with Gasteiger partial charge in [0.1, 0.15) is 0 Å². The molecular weight excluding hydrogens is 360 g/mol. The van der Waals surface area contributed by atoms with Gasteiger partial charge < -0.3 is 9.80 Å². The van der Waals surface area contributed by atoms with Gasteiger partial charge in [-0.25, -0.2) is 0 Å². The summed E-state index contributed by atoms with van der Waals surface area (Å²) in [5.41, 5.74) is 0.631. The lowest BCUT2D eigenvalue weighted by molar-refractivity contribution is -0.158. The first-order chi connectivity index (χ1) is 13.8. The van der Waals surface area contributed by atoms with Crippen LogP contribution in [0.1, 0.15) is 85.5 Å². The van der Waals surface area contributed by atoms with Crippen LogP contribution in [-0.4, -0.2) is 47.8 Å². The molecule has 3 saturated carbocycles. The fourth-order valence-electron chi connectivity index (χ4n) is 8.51. The Morgan fingerprint density at radius 1 is 1.00 bits per heavy atom. The zero-order chi connectivity index (χ0) is 21.0. The molecule has 0 N–H and O–H groups in total. The molecule has 4 heteroatoms. The van der Waals surface area contributed by atoms with Gasteiger partial charge in [-0.3, -0.25) is 9.59 Å². The van der Waals surface area contributed by atoms with Gasteiger partial charge in [-0.15, -0.1) is 0 Å². The Morgan fingerprint density at radius 3 is 2.38 bits per heavy atom. The molecule has 0 unspecified atom stereocenters. The summed E-state index contributed by atoms with van der Waals surface area (Å²) in [5.74, 6) is 3.60. The zero-order valence-electron chi connectivity index (χ0n) is 19.4. The monoisotopic (exact) mass is 402 g/mol. The topological polar surface area (TPSA) is 40.6 Å². The van der Waals surface area contributed by atoms with E-state index in [1.165, 1.54) is 38.5 Å². The van der Waals surface area contributed by atoms with Gasteiger partial charge >= 0.3 is 0 Å². The number of carbonyl (C=O) groups is 2. The molecule has 0 radical (unpaired) electrons. The summed E-state index contributed by atoms with van der Waals surface area (Å²) in [7, 11) is 2.04. The molecule has 0 aromatic carbocycles. The fourth-order valence-corrected chi connectivity index (χ4v) is 8.51. The van der Waals surface area contributed by atoms with Crippen molar-refractivity contribution in [1.29, 1.82) is 0 Å². The van der Waals surface area contributed by atoms with E-state index in [4.69, 9.17) is 0 Å². The van der Waals surface area contributed by atoms with E-state index in [1.807, 2.05) is 11.9 Å². The highest BCUT2D eigenvalue weighted by molar-refractivity contribution is 5.77. The Kier molecular flexibility index (Phi) is 5.53. The molecule has 1 aliphatic heterocycles. The minimum Gasteiger partial charge on any atom is -0.343 e. The van der Waals surface area contributed by atoms with E-state index in [0.29, 0.717) is 34.6 Å². The first kappa shape index (κ1) is 21.2. The van der Waals surface area contributed by atoms with Crippen LogP contribution in [0, 0.1) is 34.5 Å². The lowest BCUT2D eigenvalue weighted by Gasteiger charge is -2.61. The number of amides is 2. The molecule has 1 heterocycles. The van der Waals surface area contributed by atoms with Crippen LogP contribution in [-0.2, 0) is 9.59 Å². The lowest BCUT2D eigenvalue weighted by atomic mass is 9.46. The summed E-state index contributed by atoms with van der Waals surface area (Å²) in [6.07, 6.45) is 10.1. The molecule has 3 aliphatic carbocycles. The summed E-state index contributed by atoms with van der Waals surface area (Å²) in [4.78, 5) is 29.3. The minimum atomic E-state index is 0.294. The normalized spacial score (nSPS) is 44.1. The maximum absolute atomic E-state index is 12.9. The van der Waals surface area contributed by atoms with Crippen molar-refractivity contribution in [2.75, 3.05) is 20.1 Å². The summed E-state index contributed by atoms with van der Waals surface area (Å²) in [6.45, 7) is 10.9. The lowest BCUT2D eigenvalue weighted by Crippen LogP contribution is -2.61. The average Bonchev–Trinajstić information content (AvgIpc) is 3.02. The van der Waals surface area contributed by atoms with Crippen molar-refractivity contribution in [1.82, 2.24) is 9.80 Å². The Labute approximate surface area is 177 Å². The Morgan fingerprint density at radius 2 is 1.69 bits per heavy atom. The summed E-state index contributed by atoms with van der Waals surface area (Å²) < 4.78 is 0. The Hall–Kier alpha value is -1.06. The van der Waals surface area contributed by atoms with Gasteiger partial charge in [0.05, 0.1) is 0 Å². The van der Waals surface area contributed by atoms with Crippen molar-refractivity contribution >= 4 is 11.8 Å². The molecule has 2 amide bonds. The number of hydrogen-bond donors (Lipinski definition) is 0. The molecule has 7 atom stereocenters. The van der Waals surface area contributed by atoms with Crippen molar-refractivity contribution in [3.63, 3.8) is 0 Å². The third-order valence-corrected chi connectivity index (χ3v) is 10.3. The largest absolute Gasteiger partial charge is 0.343 e. The average molecular weight is 403 g/mol. The molecule has 29 heavy (non-hydrogen) atoms. The second kappa shape index (κ2) is 7.57. The van der Waals surface area contributed by atoms with Crippen molar-refractivity contribution in [3.05, 3.63) is 0 Å². The predicted molar refractivity (Wildman–Crippen MR) is 116 cm³/mol. The van der Waals surface area contributed by atoms with Gasteiger partial charge in [0.25, 0.3) is 0 Å². The van der Waals surface area contributed by atoms with E-state index in [2.05, 4.69) is 32.6 Å². The van der Waals surface area contributed by atoms with Crippen LogP contribution in [0.15, 0.2) is 0 Å². The maximum atomic E-state index is 12.9. The Balaban J connectivity index is 1.52. The molecule has 4 rings (SSSR count). The Bertz CT molecular complexity index is 659. The molecule has 4 aliphatic rings.